The number of benzene rings is 2. The van der Waals surface area contributed by atoms with Crippen LogP contribution in [0.4, 0.5) is 0 Å². The first-order chi connectivity index (χ1) is 12.3. The third kappa shape index (κ3) is 3.33. The van der Waals surface area contributed by atoms with Crippen molar-refractivity contribution >= 4 is 5.91 Å². The van der Waals surface area contributed by atoms with Crippen molar-refractivity contribution in [2.45, 2.75) is 25.4 Å². The molecule has 0 aromatic heterocycles. The number of carbonyl (C=O) groups excluding carboxylic acids is 1. The van der Waals surface area contributed by atoms with Gasteiger partial charge in [-0.05, 0) is 24.5 Å². The summed E-state index contributed by atoms with van der Waals surface area (Å²) in [4.78, 5) is 15.0. The molecule has 1 saturated heterocycles. The summed E-state index contributed by atoms with van der Waals surface area (Å²) in [5.41, 5.74) is 1.99. The smallest absolute Gasteiger partial charge is 0.244 e. The molecule has 0 aliphatic carbocycles. The van der Waals surface area contributed by atoms with Crippen LogP contribution in [0, 0.1) is 0 Å². The highest BCUT2D eigenvalue weighted by atomic mass is 16.7. The zero-order valence-corrected chi connectivity index (χ0v) is 14.1. The fourth-order valence-corrected chi connectivity index (χ4v) is 3.46. The Bertz CT molecular complexity index is 742. The number of fused-ring (bicyclic) bond motifs is 1. The van der Waals surface area contributed by atoms with Gasteiger partial charge in [0.25, 0.3) is 0 Å². The summed E-state index contributed by atoms with van der Waals surface area (Å²) in [6, 6.07) is 15.4. The van der Waals surface area contributed by atoms with Crippen molar-refractivity contribution in [1.82, 2.24) is 10.2 Å². The van der Waals surface area contributed by atoms with E-state index in [-0.39, 0.29) is 18.7 Å². The average Bonchev–Trinajstić information content (AvgIpc) is 3.34. The third-order valence-electron chi connectivity index (χ3n) is 4.77. The quantitative estimate of drug-likeness (QED) is 0.911. The van der Waals surface area contributed by atoms with E-state index in [1.807, 2.05) is 53.4 Å². The van der Waals surface area contributed by atoms with Crippen LogP contribution in [0.1, 0.15) is 30.0 Å². The minimum Gasteiger partial charge on any atom is -0.454 e. The lowest BCUT2D eigenvalue weighted by molar-refractivity contribution is -0.132. The van der Waals surface area contributed by atoms with Gasteiger partial charge in [-0.1, -0.05) is 42.5 Å². The zero-order chi connectivity index (χ0) is 17.1. The van der Waals surface area contributed by atoms with Gasteiger partial charge >= 0.3 is 0 Å². The Morgan fingerprint density at radius 3 is 2.64 bits per heavy atom. The lowest BCUT2D eigenvalue weighted by atomic mass is 10.0. The molecule has 5 nitrogen and oxygen atoms in total. The van der Waals surface area contributed by atoms with Crippen molar-refractivity contribution in [2.24, 2.45) is 0 Å². The second-order valence-electron chi connectivity index (χ2n) is 6.41. The van der Waals surface area contributed by atoms with Gasteiger partial charge in [0.1, 0.15) is 6.04 Å². The molecule has 0 saturated carbocycles. The third-order valence-corrected chi connectivity index (χ3v) is 4.77. The van der Waals surface area contributed by atoms with E-state index in [1.54, 1.807) is 0 Å². The molecule has 0 radical (unpaired) electrons. The number of carbonyl (C=O) groups is 1. The molecule has 2 aromatic carbocycles. The Kier molecular flexibility index (Phi) is 4.57. The van der Waals surface area contributed by atoms with Crippen molar-refractivity contribution in [3.63, 3.8) is 0 Å². The molecule has 25 heavy (non-hydrogen) atoms. The van der Waals surface area contributed by atoms with Crippen LogP contribution in [0.25, 0.3) is 0 Å². The van der Waals surface area contributed by atoms with Crippen molar-refractivity contribution in [1.29, 1.82) is 0 Å². The van der Waals surface area contributed by atoms with E-state index in [9.17, 15) is 4.79 Å². The van der Waals surface area contributed by atoms with E-state index in [0.29, 0.717) is 6.54 Å². The molecule has 2 aromatic rings. The standard InChI is InChI=1S/C20H22N2O3/c23-20(22-11-4-5-12-22)18(15-7-2-1-3-8-15)21-13-16-9-6-10-17-19(16)25-14-24-17/h1-3,6-10,18,21H,4-5,11-14H2. The maximum absolute atomic E-state index is 13.0. The zero-order valence-electron chi connectivity index (χ0n) is 14.1. The highest BCUT2D eigenvalue weighted by molar-refractivity contribution is 5.83. The molecular weight excluding hydrogens is 316 g/mol. The fourth-order valence-electron chi connectivity index (χ4n) is 3.46. The van der Waals surface area contributed by atoms with Crippen LogP contribution in [0.15, 0.2) is 48.5 Å². The minimum atomic E-state index is -0.350. The van der Waals surface area contributed by atoms with Crippen LogP contribution in [0.2, 0.25) is 0 Å². The van der Waals surface area contributed by atoms with Gasteiger partial charge in [0.05, 0.1) is 0 Å². The molecule has 2 aliphatic heterocycles. The van der Waals surface area contributed by atoms with E-state index in [1.165, 1.54) is 0 Å². The number of likely N-dealkylation sites (tertiary alicyclic amines) is 1. The van der Waals surface area contributed by atoms with Gasteiger partial charge in [0.15, 0.2) is 11.5 Å². The second kappa shape index (κ2) is 7.15. The Morgan fingerprint density at radius 2 is 1.84 bits per heavy atom. The molecule has 2 heterocycles. The summed E-state index contributed by atoms with van der Waals surface area (Å²) in [6.07, 6.45) is 2.18. The van der Waals surface area contributed by atoms with E-state index < -0.39 is 0 Å². The van der Waals surface area contributed by atoms with Gasteiger partial charge in [-0.2, -0.15) is 0 Å². The van der Waals surface area contributed by atoms with Gasteiger partial charge < -0.3 is 14.4 Å². The summed E-state index contributed by atoms with van der Waals surface area (Å²) in [5.74, 6) is 1.69. The number of hydrogen-bond acceptors (Lipinski definition) is 4. The summed E-state index contributed by atoms with van der Waals surface area (Å²) in [7, 11) is 0. The molecule has 1 fully saturated rings. The lowest BCUT2D eigenvalue weighted by Gasteiger charge is -2.24. The number of hydrogen-bond donors (Lipinski definition) is 1. The Hall–Kier alpha value is -2.53. The lowest BCUT2D eigenvalue weighted by Crippen LogP contribution is -2.39. The van der Waals surface area contributed by atoms with Crippen LogP contribution in [0.5, 0.6) is 11.5 Å². The van der Waals surface area contributed by atoms with Crippen LogP contribution >= 0.6 is 0 Å². The highest BCUT2D eigenvalue weighted by Crippen LogP contribution is 2.35. The van der Waals surface area contributed by atoms with Crippen molar-refractivity contribution in [2.75, 3.05) is 19.9 Å². The summed E-state index contributed by atoms with van der Waals surface area (Å²) < 4.78 is 11.0. The highest BCUT2D eigenvalue weighted by Gasteiger charge is 2.28. The normalized spacial score (nSPS) is 16.9. The molecular formula is C20H22N2O3. The molecule has 0 spiro atoms. The first-order valence-electron chi connectivity index (χ1n) is 8.77. The van der Waals surface area contributed by atoms with E-state index in [2.05, 4.69) is 5.32 Å². The minimum absolute atomic E-state index is 0.147. The molecule has 0 bridgehead atoms. The van der Waals surface area contributed by atoms with Gasteiger partial charge in [0, 0.05) is 25.2 Å². The maximum atomic E-state index is 13.0. The van der Waals surface area contributed by atoms with Gasteiger partial charge in [-0.25, -0.2) is 0 Å². The van der Waals surface area contributed by atoms with Crippen LogP contribution < -0.4 is 14.8 Å². The predicted molar refractivity (Wildman–Crippen MR) is 94.4 cm³/mol. The number of rotatable bonds is 5. The van der Waals surface area contributed by atoms with E-state index in [0.717, 1.165) is 48.6 Å². The molecule has 1 amide bonds. The largest absolute Gasteiger partial charge is 0.454 e. The average molecular weight is 338 g/mol. The fraction of sp³-hybridized carbons (Fsp3) is 0.350. The first-order valence-corrected chi connectivity index (χ1v) is 8.77. The van der Waals surface area contributed by atoms with Gasteiger partial charge in [-0.15, -0.1) is 0 Å². The summed E-state index contributed by atoms with van der Waals surface area (Å²) in [5, 5.41) is 3.43. The van der Waals surface area contributed by atoms with Crippen LogP contribution in [-0.2, 0) is 11.3 Å². The summed E-state index contributed by atoms with van der Waals surface area (Å²) in [6.45, 7) is 2.50. The SMILES string of the molecule is O=C(C(NCc1cccc2c1OCO2)c1ccccc1)N1CCCC1. The van der Waals surface area contributed by atoms with E-state index in [4.69, 9.17) is 9.47 Å². The van der Waals surface area contributed by atoms with Gasteiger partial charge in [0.2, 0.25) is 12.7 Å². The molecule has 1 N–H and O–H groups in total. The number of ether oxygens (including phenoxy) is 2. The molecule has 1 atom stereocenters. The number of amides is 1. The Balaban J connectivity index is 1.54. The number of nitrogens with one attached hydrogen (secondary N) is 1. The molecule has 130 valence electrons. The van der Waals surface area contributed by atoms with Crippen molar-refractivity contribution in [3.05, 3.63) is 59.7 Å². The topological polar surface area (TPSA) is 50.8 Å². The molecule has 1 unspecified atom stereocenters. The predicted octanol–water partition coefficient (Wildman–Crippen LogP) is 2.87. The Morgan fingerprint density at radius 1 is 1.04 bits per heavy atom. The Labute approximate surface area is 147 Å². The van der Waals surface area contributed by atoms with Crippen LogP contribution in [0.3, 0.4) is 0 Å². The molecule has 2 aliphatic rings. The number of nitrogens with zero attached hydrogens (tertiary/aromatic N) is 1. The first kappa shape index (κ1) is 16.0. The molecule has 5 heteroatoms. The number of para-hydroxylation sites is 1. The van der Waals surface area contributed by atoms with E-state index >= 15 is 0 Å². The maximum Gasteiger partial charge on any atom is 0.244 e. The van der Waals surface area contributed by atoms with Crippen molar-refractivity contribution in [3.8, 4) is 11.5 Å². The second-order valence-corrected chi connectivity index (χ2v) is 6.41. The molecule has 4 rings (SSSR count). The van der Waals surface area contributed by atoms with Gasteiger partial charge in [-0.3, -0.25) is 10.1 Å². The summed E-state index contributed by atoms with van der Waals surface area (Å²) >= 11 is 0. The van der Waals surface area contributed by atoms with Crippen LogP contribution in [-0.4, -0.2) is 30.7 Å². The monoisotopic (exact) mass is 338 g/mol. The van der Waals surface area contributed by atoms with Crippen molar-refractivity contribution < 1.29 is 14.3 Å².